The van der Waals surface area contributed by atoms with Crippen LogP contribution >= 0.6 is 0 Å². The molecule has 0 unspecified atom stereocenters. The van der Waals surface area contributed by atoms with Crippen molar-refractivity contribution in [2.75, 3.05) is 24.7 Å². The van der Waals surface area contributed by atoms with Gasteiger partial charge in [-0.15, -0.1) is 0 Å². The minimum absolute atomic E-state index is 0.0443. The van der Waals surface area contributed by atoms with E-state index in [0.717, 1.165) is 12.3 Å². The number of benzene rings is 2. The zero-order valence-corrected chi connectivity index (χ0v) is 16.7. The predicted molar refractivity (Wildman–Crippen MR) is 112 cm³/mol. The maximum atomic E-state index is 12.4. The van der Waals surface area contributed by atoms with Crippen molar-refractivity contribution in [3.05, 3.63) is 74.6 Å². The number of carbonyl (C=O) groups is 1. The highest BCUT2D eigenvalue weighted by Gasteiger charge is 2.18. The van der Waals surface area contributed by atoms with Crippen LogP contribution in [0, 0.1) is 10.1 Å². The number of fused-ring (bicyclic) bond motifs is 1. The van der Waals surface area contributed by atoms with Crippen molar-refractivity contribution < 1.29 is 18.1 Å². The van der Waals surface area contributed by atoms with E-state index < -0.39 is 31.8 Å². The summed E-state index contributed by atoms with van der Waals surface area (Å²) >= 11 is 0. The molecule has 0 saturated heterocycles. The second kappa shape index (κ2) is 8.33. The molecule has 0 bridgehead atoms. The van der Waals surface area contributed by atoms with Crippen molar-refractivity contribution in [2.45, 2.75) is 4.90 Å². The first kappa shape index (κ1) is 21.0. The molecular formula is C19H18N4O6S. The first-order chi connectivity index (χ1) is 14.2. The number of anilines is 1. The van der Waals surface area contributed by atoms with Crippen molar-refractivity contribution in [1.29, 1.82) is 0 Å². The number of carbonyl (C=O) groups excluding carboxylic acids is 1. The Morgan fingerprint density at radius 3 is 2.60 bits per heavy atom. The second-order valence-corrected chi connectivity index (χ2v) is 8.48. The van der Waals surface area contributed by atoms with Gasteiger partial charge in [0.15, 0.2) is 9.84 Å². The minimum Gasteiger partial charge on any atom is -0.378 e. The quantitative estimate of drug-likeness (QED) is 0.293. The smallest absolute Gasteiger partial charge is 0.293 e. The summed E-state index contributed by atoms with van der Waals surface area (Å²) in [6, 6.07) is 10.3. The van der Waals surface area contributed by atoms with Gasteiger partial charge in [0.05, 0.1) is 9.82 Å². The number of nitro benzene ring substituents is 1. The molecule has 3 rings (SSSR count). The lowest BCUT2D eigenvalue weighted by atomic mass is 10.1. The van der Waals surface area contributed by atoms with Crippen molar-refractivity contribution in [2.24, 2.45) is 0 Å². The Morgan fingerprint density at radius 2 is 1.90 bits per heavy atom. The van der Waals surface area contributed by atoms with E-state index in [-0.39, 0.29) is 29.2 Å². The van der Waals surface area contributed by atoms with Crippen LogP contribution in [0.25, 0.3) is 10.9 Å². The fourth-order valence-electron chi connectivity index (χ4n) is 2.85. The molecule has 1 amide bonds. The Kier molecular flexibility index (Phi) is 5.83. The van der Waals surface area contributed by atoms with Crippen LogP contribution in [-0.2, 0) is 9.84 Å². The molecule has 3 N–H and O–H groups in total. The lowest BCUT2D eigenvalue weighted by molar-refractivity contribution is -0.384. The average Bonchev–Trinajstić information content (AvgIpc) is 2.70. The number of aromatic amines is 1. The van der Waals surface area contributed by atoms with Gasteiger partial charge in [0.2, 0.25) is 5.43 Å². The molecular weight excluding hydrogens is 412 g/mol. The number of amides is 1. The van der Waals surface area contributed by atoms with Gasteiger partial charge < -0.3 is 15.6 Å². The highest BCUT2D eigenvalue weighted by atomic mass is 32.2. The van der Waals surface area contributed by atoms with Gasteiger partial charge in [-0.05, 0) is 24.3 Å². The van der Waals surface area contributed by atoms with E-state index in [9.17, 15) is 28.1 Å². The van der Waals surface area contributed by atoms with E-state index >= 15 is 0 Å². The van der Waals surface area contributed by atoms with Gasteiger partial charge in [-0.1, -0.05) is 12.1 Å². The van der Waals surface area contributed by atoms with Crippen LogP contribution in [0.1, 0.15) is 10.4 Å². The summed E-state index contributed by atoms with van der Waals surface area (Å²) in [4.78, 5) is 38.0. The summed E-state index contributed by atoms with van der Waals surface area (Å²) < 4.78 is 23.2. The molecule has 0 aliphatic rings. The molecule has 10 nitrogen and oxygen atoms in total. The Morgan fingerprint density at radius 1 is 1.17 bits per heavy atom. The summed E-state index contributed by atoms with van der Waals surface area (Å²) in [7, 11) is -3.58. The minimum atomic E-state index is -3.58. The number of rotatable bonds is 7. The van der Waals surface area contributed by atoms with Gasteiger partial charge in [-0.3, -0.25) is 19.7 Å². The van der Waals surface area contributed by atoms with Gasteiger partial charge in [0.1, 0.15) is 11.3 Å². The topological polar surface area (TPSA) is 151 Å². The Labute approximate surface area is 171 Å². The van der Waals surface area contributed by atoms with Gasteiger partial charge in [0, 0.05) is 42.5 Å². The van der Waals surface area contributed by atoms with Crippen molar-refractivity contribution >= 4 is 38.0 Å². The van der Waals surface area contributed by atoms with E-state index in [1.54, 1.807) is 24.3 Å². The molecule has 0 spiro atoms. The van der Waals surface area contributed by atoms with E-state index in [0.29, 0.717) is 10.9 Å². The first-order valence-electron chi connectivity index (χ1n) is 8.79. The number of hydrogen-bond acceptors (Lipinski definition) is 7. The van der Waals surface area contributed by atoms with Crippen molar-refractivity contribution in [3.63, 3.8) is 0 Å². The van der Waals surface area contributed by atoms with E-state index in [4.69, 9.17) is 0 Å². The molecule has 11 heteroatoms. The van der Waals surface area contributed by atoms with Crippen molar-refractivity contribution in [3.8, 4) is 0 Å². The number of nitrogens with zero attached hydrogens (tertiary/aromatic N) is 1. The fourth-order valence-corrected chi connectivity index (χ4v) is 3.49. The normalized spacial score (nSPS) is 11.2. The monoisotopic (exact) mass is 430 g/mol. The Hall–Kier alpha value is -3.73. The van der Waals surface area contributed by atoms with E-state index in [1.165, 1.54) is 18.3 Å². The second-order valence-electron chi connectivity index (χ2n) is 6.47. The number of para-hydroxylation sites is 1. The van der Waals surface area contributed by atoms with Crippen LogP contribution in [0.4, 0.5) is 11.4 Å². The number of H-pyrrole nitrogens is 1. The third-order valence-corrected chi connectivity index (χ3v) is 5.46. The number of hydrogen-bond donors (Lipinski definition) is 3. The molecule has 0 aliphatic carbocycles. The van der Waals surface area contributed by atoms with Gasteiger partial charge >= 0.3 is 0 Å². The third-order valence-electron chi connectivity index (χ3n) is 4.35. The largest absolute Gasteiger partial charge is 0.378 e. The fraction of sp³-hybridized carbons (Fsp3) is 0.158. The summed E-state index contributed by atoms with van der Waals surface area (Å²) in [6.45, 7) is 0.201. The summed E-state index contributed by atoms with van der Waals surface area (Å²) in [5, 5.41) is 17.0. The number of nitrogens with one attached hydrogen (secondary N) is 3. The van der Waals surface area contributed by atoms with E-state index in [1.807, 2.05) is 0 Å². The Bertz CT molecular complexity index is 1300. The molecule has 1 aromatic heterocycles. The molecule has 0 fully saturated rings. The van der Waals surface area contributed by atoms with Crippen LogP contribution < -0.4 is 16.1 Å². The highest BCUT2D eigenvalue weighted by Crippen LogP contribution is 2.27. The molecule has 3 aromatic rings. The maximum Gasteiger partial charge on any atom is 0.293 e. The van der Waals surface area contributed by atoms with Gasteiger partial charge in [0.25, 0.3) is 11.6 Å². The van der Waals surface area contributed by atoms with E-state index in [2.05, 4.69) is 15.6 Å². The lowest BCUT2D eigenvalue weighted by Crippen LogP contribution is -2.32. The molecule has 30 heavy (non-hydrogen) atoms. The number of aromatic nitrogens is 1. The standard InChI is InChI=1S/C19H18N4O6S/c1-30(28,29)12-6-7-16(17(10-12)23(26)27)20-8-9-21-19(25)14-11-22-15-5-3-2-4-13(15)18(14)24/h2-7,10-11,20H,8-9H2,1H3,(H,21,25)(H,22,24). The van der Waals surface area contributed by atoms with Gasteiger partial charge in [-0.2, -0.15) is 0 Å². The van der Waals surface area contributed by atoms with Crippen molar-refractivity contribution in [1.82, 2.24) is 10.3 Å². The lowest BCUT2D eigenvalue weighted by Gasteiger charge is -2.09. The van der Waals surface area contributed by atoms with Crippen LogP contribution in [0.3, 0.4) is 0 Å². The molecule has 2 aromatic carbocycles. The average molecular weight is 430 g/mol. The molecule has 0 atom stereocenters. The number of pyridine rings is 1. The SMILES string of the molecule is CS(=O)(=O)c1ccc(NCCNC(=O)c2c[nH]c3ccccc3c2=O)c([N+](=O)[O-])c1. The van der Waals surface area contributed by atoms with Crippen LogP contribution in [0.5, 0.6) is 0 Å². The maximum absolute atomic E-state index is 12.4. The van der Waals surface area contributed by atoms with Crippen LogP contribution in [0.15, 0.2) is 58.4 Å². The number of sulfone groups is 1. The predicted octanol–water partition coefficient (Wildman–Crippen LogP) is 1.68. The third kappa shape index (κ3) is 4.46. The summed E-state index contributed by atoms with van der Waals surface area (Å²) in [5.74, 6) is -0.578. The summed E-state index contributed by atoms with van der Waals surface area (Å²) in [5.41, 5.74) is -0.106. The zero-order valence-electron chi connectivity index (χ0n) is 15.8. The van der Waals surface area contributed by atoms with Crippen LogP contribution in [-0.4, -0.2) is 43.6 Å². The molecule has 156 valence electrons. The molecule has 1 heterocycles. The molecule has 0 saturated carbocycles. The molecule has 0 radical (unpaired) electrons. The van der Waals surface area contributed by atoms with Gasteiger partial charge in [-0.25, -0.2) is 8.42 Å². The number of nitro groups is 1. The Balaban J connectivity index is 1.67. The first-order valence-corrected chi connectivity index (χ1v) is 10.7. The molecule has 0 aliphatic heterocycles. The zero-order chi connectivity index (χ0) is 21.9. The highest BCUT2D eigenvalue weighted by molar-refractivity contribution is 7.90. The van der Waals surface area contributed by atoms with Crippen LogP contribution in [0.2, 0.25) is 0 Å². The summed E-state index contributed by atoms with van der Waals surface area (Å²) in [6.07, 6.45) is 2.30.